The van der Waals surface area contributed by atoms with Gasteiger partial charge in [0.1, 0.15) is 0 Å². The third-order valence-electron chi connectivity index (χ3n) is 3.97. The highest BCUT2D eigenvalue weighted by atomic mass is 35.5. The number of hydrogen-bond acceptors (Lipinski definition) is 3. The van der Waals surface area contributed by atoms with E-state index in [2.05, 4.69) is 12.2 Å². The van der Waals surface area contributed by atoms with Gasteiger partial charge in [-0.3, -0.25) is 0 Å². The fraction of sp³-hybridized carbons (Fsp3) is 0.625. The van der Waals surface area contributed by atoms with Gasteiger partial charge in [-0.05, 0) is 43.7 Å². The van der Waals surface area contributed by atoms with Crippen molar-refractivity contribution in [1.82, 2.24) is 0 Å². The first-order valence-corrected chi connectivity index (χ1v) is 8.29. The van der Waals surface area contributed by atoms with Gasteiger partial charge >= 0.3 is 0 Å². The van der Waals surface area contributed by atoms with Crippen LogP contribution in [-0.2, 0) is 4.74 Å². The van der Waals surface area contributed by atoms with Gasteiger partial charge in [-0.25, -0.2) is 0 Å². The SMILES string of the molecule is CC1CCC(OCC(O)CNc2cccc(Cl)c2Cl)CC1. The Morgan fingerprint density at radius 3 is 2.71 bits per heavy atom. The summed E-state index contributed by atoms with van der Waals surface area (Å²) in [7, 11) is 0. The summed E-state index contributed by atoms with van der Waals surface area (Å²) in [5.41, 5.74) is 0.731. The van der Waals surface area contributed by atoms with E-state index >= 15 is 0 Å². The lowest BCUT2D eigenvalue weighted by atomic mass is 9.89. The number of hydrogen-bond donors (Lipinski definition) is 2. The fourth-order valence-corrected chi connectivity index (χ4v) is 2.94. The van der Waals surface area contributed by atoms with E-state index in [0.717, 1.165) is 24.4 Å². The van der Waals surface area contributed by atoms with Gasteiger partial charge in [-0.15, -0.1) is 0 Å². The highest BCUT2D eigenvalue weighted by Gasteiger charge is 2.19. The molecule has 3 nitrogen and oxygen atoms in total. The second-order valence-corrected chi connectivity index (χ2v) is 6.64. The van der Waals surface area contributed by atoms with Crippen LogP contribution in [0.25, 0.3) is 0 Å². The number of benzene rings is 1. The zero-order valence-electron chi connectivity index (χ0n) is 12.3. The third-order valence-corrected chi connectivity index (χ3v) is 4.79. The first-order chi connectivity index (χ1) is 10.1. The molecule has 1 fully saturated rings. The van der Waals surface area contributed by atoms with E-state index in [9.17, 15) is 5.11 Å². The molecule has 1 aromatic rings. The third kappa shape index (κ3) is 5.33. The predicted molar refractivity (Wildman–Crippen MR) is 88.3 cm³/mol. The van der Waals surface area contributed by atoms with E-state index in [4.69, 9.17) is 27.9 Å². The average molecular weight is 332 g/mol. The van der Waals surface area contributed by atoms with Gasteiger partial charge in [-0.2, -0.15) is 0 Å². The molecule has 0 aromatic heterocycles. The van der Waals surface area contributed by atoms with Gasteiger partial charge in [-0.1, -0.05) is 36.2 Å². The molecule has 0 spiro atoms. The molecule has 21 heavy (non-hydrogen) atoms. The minimum absolute atomic E-state index is 0.297. The van der Waals surface area contributed by atoms with E-state index in [0.29, 0.717) is 29.3 Å². The summed E-state index contributed by atoms with van der Waals surface area (Å²) in [5, 5.41) is 14.1. The van der Waals surface area contributed by atoms with Gasteiger partial charge in [0, 0.05) is 6.54 Å². The first-order valence-electron chi connectivity index (χ1n) is 7.53. The predicted octanol–water partition coefficient (Wildman–Crippen LogP) is 4.36. The van der Waals surface area contributed by atoms with Gasteiger partial charge in [0.05, 0.1) is 34.5 Å². The number of ether oxygens (including phenoxy) is 1. The molecule has 2 rings (SSSR count). The lowest BCUT2D eigenvalue weighted by Gasteiger charge is -2.27. The van der Waals surface area contributed by atoms with Crippen molar-refractivity contribution >= 4 is 28.9 Å². The van der Waals surface area contributed by atoms with Gasteiger partial charge < -0.3 is 15.2 Å². The zero-order valence-corrected chi connectivity index (χ0v) is 13.8. The largest absolute Gasteiger partial charge is 0.389 e. The molecule has 118 valence electrons. The summed E-state index contributed by atoms with van der Waals surface area (Å²) in [6, 6.07) is 5.39. The maximum atomic E-state index is 9.99. The molecule has 1 aliphatic rings. The van der Waals surface area contributed by atoms with E-state index in [1.54, 1.807) is 6.07 Å². The summed E-state index contributed by atoms with van der Waals surface area (Å²) in [4.78, 5) is 0. The van der Waals surface area contributed by atoms with E-state index in [-0.39, 0.29) is 0 Å². The van der Waals surface area contributed by atoms with Crippen molar-refractivity contribution in [2.45, 2.75) is 44.8 Å². The normalized spacial score (nSPS) is 23.8. The van der Waals surface area contributed by atoms with Crippen molar-refractivity contribution in [1.29, 1.82) is 0 Å². The van der Waals surface area contributed by atoms with Crippen LogP contribution in [0.15, 0.2) is 18.2 Å². The maximum absolute atomic E-state index is 9.99. The summed E-state index contributed by atoms with van der Waals surface area (Å²) < 4.78 is 5.79. The Labute approximate surface area is 136 Å². The number of aliphatic hydroxyl groups excluding tert-OH is 1. The van der Waals surface area contributed by atoms with Crippen molar-refractivity contribution in [2.24, 2.45) is 5.92 Å². The van der Waals surface area contributed by atoms with Crippen LogP contribution in [0.2, 0.25) is 10.0 Å². The number of anilines is 1. The summed E-state index contributed by atoms with van der Waals surface area (Å²) in [5.74, 6) is 0.807. The topological polar surface area (TPSA) is 41.5 Å². The quantitative estimate of drug-likeness (QED) is 0.813. The van der Waals surface area contributed by atoms with Crippen LogP contribution in [0.5, 0.6) is 0 Å². The molecule has 1 aliphatic carbocycles. The first kappa shape index (κ1) is 16.9. The second-order valence-electron chi connectivity index (χ2n) is 5.85. The maximum Gasteiger partial charge on any atom is 0.0945 e. The number of aliphatic hydroxyl groups is 1. The van der Waals surface area contributed by atoms with Crippen molar-refractivity contribution in [3.63, 3.8) is 0 Å². The van der Waals surface area contributed by atoms with Gasteiger partial charge in [0.15, 0.2) is 0 Å². The minimum Gasteiger partial charge on any atom is -0.389 e. The van der Waals surface area contributed by atoms with Crippen LogP contribution < -0.4 is 5.32 Å². The minimum atomic E-state index is -0.556. The lowest BCUT2D eigenvalue weighted by molar-refractivity contribution is -0.0245. The van der Waals surface area contributed by atoms with Crippen molar-refractivity contribution in [2.75, 3.05) is 18.5 Å². The van der Waals surface area contributed by atoms with E-state index in [1.165, 1.54) is 12.8 Å². The number of halogens is 2. The Balaban J connectivity index is 1.70. The average Bonchev–Trinajstić information content (AvgIpc) is 2.48. The van der Waals surface area contributed by atoms with Crippen LogP contribution in [-0.4, -0.2) is 30.5 Å². The van der Waals surface area contributed by atoms with Crippen molar-refractivity contribution in [3.05, 3.63) is 28.2 Å². The highest BCUT2D eigenvalue weighted by Crippen LogP contribution is 2.29. The highest BCUT2D eigenvalue weighted by molar-refractivity contribution is 6.43. The van der Waals surface area contributed by atoms with E-state index in [1.807, 2.05) is 12.1 Å². The Morgan fingerprint density at radius 2 is 2.00 bits per heavy atom. The molecule has 1 unspecified atom stereocenters. The number of rotatable bonds is 6. The van der Waals surface area contributed by atoms with Crippen LogP contribution in [0.1, 0.15) is 32.6 Å². The molecule has 0 aliphatic heterocycles. The number of nitrogens with one attached hydrogen (secondary N) is 1. The Kier molecular flexibility index (Phi) is 6.62. The van der Waals surface area contributed by atoms with Crippen LogP contribution in [0.3, 0.4) is 0 Å². The fourth-order valence-electron chi connectivity index (χ4n) is 2.57. The summed E-state index contributed by atoms with van der Waals surface area (Å²) in [6.07, 6.45) is 4.38. The molecular formula is C16H23Cl2NO2. The smallest absolute Gasteiger partial charge is 0.0945 e. The van der Waals surface area contributed by atoms with Crippen LogP contribution >= 0.6 is 23.2 Å². The van der Waals surface area contributed by atoms with Gasteiger partial charge in [0.25, 0.3) is 0 Å². The monoisotopic (exact) mass is 331 g/mol. The Bertz CT molecular complexity index is 448. The molecule has 0 heterocycles. The Hall–Kier alpha value is -0.480. The second kappa shape index (κ2) is 8.23. The van der Waals surface area contributed by atoms with Crippen LogP contribution in [0.4, 0.5) is 5.69 Å². The molecule has 0 amide bonds. The van der Waals surface area contributed by atoms with Crippen LogP contribution in [0, 0.1) is 5.92 Å². The molecule has 5 heteroatoms. The van der Waals surface area contributed by atoms with Gasteiger partial charge in [0.2, 0.25) is 0 Å². The lowest BCUT2D eigenvalue weighted by Crippen LogP contribution is -2.29. The molecule has 0 saturated heterocycles. The van der Waals surface area contributed by atoms with E-state index < -0.39 is 6.10 Å². The standard InChI is InChI=1S/C16H23Cl2NO2/c1-11-5-7-13(8-6-11)21-10-12(20)9-19-15-4-2-3-14(17)16(15)18/h2-4,11-13,19-20H,5-10H2,1H3. The van der Waals surface area contributed by atoms with Crippen molar-refractivity contribution < 1.29 is 9.84 Å². The molecule has 1 atom stereocenters. The molecule has 2 N–H and O–H groups in total. The Morgan fingerprint density at radius 1 is 1.29 bits per heavy atom. The van der Waals surface area contributed by atoms with Crippen molar-refractivity contribution in [3.8, 4) is 0 Å². The molecule has 1 aromatic carbocycles. The summed E-state index contributed by atoms with van der Waals surface area (Å²) >= 11 is 12.0. The molecule has 1 saturated carbocycles. The molecular weight excluding hydrogens is 309 g/mol. The molecule has 0 bridgehead atoms. The molecule has 0 radical (unpaired) electrons. The summed E-state index contributed by atoms with van der Waals surface area (Å²) in [6.45, 7) is 3.02. The zero-order chi connectivity index (χ0) is 15.2.